The molecule has 178 valence electrons. The van der Waals surface area contributed by atoms with E-state index in [1.165, 1.54) is 0 Å². The Bertz CT molecular complexity index is 1160. The summed E-state index contributed by atoms with van der Waals surface area (Å²) in [4.78, 5) is 26.8. The standard InChI is InChI=1S/C27H27Cl2NO4/c1-3-33-11-12-34-27(32)24-16(2)30-22-13-18(17-7-5-4-6-8-17)14-23(31)26(22)25(24)20-10-9-19(28)15-21(20)29/h4-10,15,18,25,30H,3,11-14H2,1-2H3/t18-,25-/m0/s1. The number of Topliss-reactive ketones (excluding diaryl/α,β-unsaturated/α-hetero) is 1. The third-order valence-electron chi connectivity index (χ3n) is 6.26. The van der Waals surface area contributed by atoms with E-state index in [1.807, 2.05) is 44.2 Å². The molecule has 2 atom stereocenters. The van der Waals surface area contributed by atoms with E-state index < -0.39 is 11.9 Å². The molecular weight excluding hydrogens is 473 g/mol. The normalized spacial score (nSPS) is 20.2. The summed E-state index contributed by atoms with van der Waals surface area (Å²) in [5.41, 5.74) is 4.20. The van der Waals surface area contributed by atoms with Gasteiger partial charge < -0.3 is 14.8 Å². The summed E-state index contributed by atoms with van der Waals surface area (Å²) in [5, 5.41) is 4.23. The van der Waals surface area contributed by atoms with Gasteiger partial charge in [0.2, 0.25) is 0 Å². The van der Waals surface area contributed by atoms with Gasteiger partial charge in [0, 0.05) is 46.0 Å². The van der Waals surface area contributed by atoms with Gasteiger partial charge in [-0.3, -0.25) is 4.79 Å². The highest BCUT2D eigenvalue weighted by atomic mass is 35.5. The van der Waals surface area contributed by atoms with E-state index >= 15 is 0 Å². The van der Waals surface area contributed by atoms with Crippen molar-refractivity contribution in [1.82, 2.24) is 5.32 Å². The Hall–Kier alpha value is -2.60. The molecule has 1 aliphatic carbocycles. The van der Waals surface area contributed by atoms with E-state index in [2.05, 4.69) is 5.32 Å². The molecular formula is C27H27Cl2NO4. The molecule has 1 N–H and O–H groups in total. The number of hydrogen-bond donors (Lipinski definition) is 1. The first-order valence-corrected chi connectivity index (χ1v) is 12.1. The molecule has 2 aromatic rings. The average Bonchev–Trinajstić information content (AvgIpc) is 2.81. The lowest BCUT2D eigenvalue weighted by Gasteiger charge is -2.37. The highest BCUT2D eigenvalue weighted by molar-refractivity contribution is 6.35. The van der Waals surface area contributed by atoms with Crippen LogP contribution in [0.3, 0.4) is 0 Å². The van der Waals surface area contributed by atoms with Crippen molar-refractivity contribution in [3.8, 4) is 0 Å². The Labute approximate surface area is 209 Å². The fourth-order valence-electron chi connectivity index (χ4n) is 4.73. The fraction of sp³-hybridized carbons (Fsp3) is 0.333. The van der Waals surface area contributed by atoms with E-state index in [9.17, 15) is 9.59 Å². The molecule has 0 unspecified atom stereocenters. The molecule has 0 saturated carbocycles. The maximum atomic E-state index is 13.6. The Balaban J connectivity index is 1.75. The van der Waals surface area contributed by atoms with Gasteiger partial charge in [-0.25, -0.2) is 4.79 Å². The number of ether oxygens (including phenoxy) is 2. The largest absolute Gasteiger partial charge is 0.460 e. The van der Waals surface area contributed by atoms with Crippen LogP contribution in [0.2, 0.25) is 10.0 Å². The van der Waals surface area contributed by atoms with Crippen LogP contribution in [0.1, 0.15) is 49.7 Å². The molecule has 0 amide bonds. The average molecular weight is 500 g/mol. The molecule has 0 saturated heterocycles. The highest BCUT2D eigenvalue weighted by Gasteiger charge is 2.42. The van der Waals surface area contributed by atoms with Crippen LogP contribution >= 0.6 is 23.2 Å². The molecule has 5 nitrogen and oxygen atoms in total. The second-order valence-corrected chi connectivity index (χ2v) is 9.27. The molecule has 4 rings (SSSR count). The van der Waals surface area contributed by atoms with Crippen molar-refractivity contribution in [2.75, 3.05) is 19.8 Å². The first kappa shape index (κ1) is 24.5. The van der Waals surface area contributed by atoms with Gasteiger partial charge in [0.25, 0.3) is 0 Å². The maximum Gasteiger partial charge on any atom is 0.336 e. The zero-order valence-corrected chi connectivity index (χ0v) is 20.7. The minimum absolute atomic E-state index is 0.00858. The molecule has 2 aliphatic rings. The number of dihydropyridines is 1. The number of rotatable bonds is 7. The van der Waals surface area contributed by atoms with Crippen molar-refractivity contribution in [3.05, 3.63) is 92.2 Å². The lowest BCUT2D eigenvalue weighted by atomic mass is 9.71. The molecule has 0 fully saturated rings. The van der Waals surface area contributed by atoms with Crippen LogP contribution in [-0.2, 0) is 19.1 Å². The Kier molecular flexibility index (Phi) is 7.77. The zero-order chi connectivity index (χ0) is 24.2. The van der Waals surface area contributed by atoms with E-state index in [-0.39, 0.29) is 18.3 Å². The fourth-order valence-corrected chi connectivity index (χ4v) is 5.25. The number of hydrogen-bond acceptors (Lipinski definition) is 5. The van der Waals surface area contributed by atoms with Gasteiger partial charge in [0.05, 0.1) is 12.2 Å². The summed E-state index contributed by atoms with van der Waals surface area (Å²) in [6, 6.07) is 15.2. The van der Waals surface area contributed by atoms with Gasteiger partial charge >= 0.3 is 5.97 Å². The van der Waals surface area contributed by atoms with Crippen molar-refractivity contribution in [2.24, 2.45) is 0 Å². The molecule has 0 radical (unpaired) electrons. The lowest BCUT2D eigenvalue weighted by Crippen LogP contribution is -2.36. The molecule has 1 aliphatic heterocycles. The Morgan fingerprint density at radius 1 is 1.09 bits per heavy atom. The third kappa shape index (κ3) is 5.07. The monoisotopic (exact) mass is 499 g/mol. The van der Waals surface area contributed by atoms with E-state index in [0.29, 0.717) is 58.5 Å². The Morgan fingerprint density at radius 2 is 1.85 bits per heavy atom. The lowest BCUT2D eigenvalue weighted by molar-refractivity contribution is -0.140. The summed E-state index contributed by atoms with van der Waals surface area (Å²) in [5.74, 6) is -1.07. The second kappa shape index (κ2) is 10.8. The predicted octanol–water partition coefficient (Wildman–Crippen LogP) is 5.93. The van der Waals surface area contributed by atoms with Crippen molar-refractivity contribution in [2.45, 2.75) is 38.5 Å². The summed E-state index contributed by atoms with van der Waals surface area (Å²) in [7, 11) is 0. The van der Waals surface area contributed by atoms with Crippen LogP contribution in [0.25, 0.3) is 0 Å². The van der Waals surface area contributed by atoms with Gasteiger partial charge in [-0.2, -0.15) is 0 Å². The van der Waals surface area contributed by atoms with E-state index in [0.717, 1.165) is 11.3 Å². The number of allylic oxidation sites excluding steroid dienone is 3. The van der Waals surface area contributed by atoms with Gasteiger partial charge in [-0.1, -0.05) is 59.6 Å². The molecule has 0 spiro atoms. The molecule has 34 heavy (non-hydrogen) atoms. The molecule has 2 aromatic carbocycles. The van der Waals surface area contributed by atoms with Crippen LogP contribution in [0, 0.1) is 0 Å². The zero-order valence-electron chi connectivity index (χ0n) is 19.2. The number of carbonyl (C=O) groups excluding carboxylic acids is 2. The van der Waals surface area contributed by atoms with E-state index in [1.54, 1.807) is 18.2 Å². The second-order valence-electron chi connectivity index (χ2n) is 8.43. The number of nitrogens with one attached hydrogen (secondary N) is 1. The highest BCUT2D eigenvalue weighted by Crippen LogP contribution is 2.47. The third-order valence-corrected chi connectivity index (χ3v) is 6.82. The number of esters is 1. The molecule has 0 bridgehead atoms. The quantitative estimate of drug-likeness (QED) is 0.377. The number of carbonyl (C=O) groups is 2. The minimum Gasteiger partial charge on any atom is -0.460 e. The van der Waals surface area contributed by atoms with Gasteiger partial charge in [-0.15, -0.1) is 0 Å². The van der Waals surface area contributed by atoms with Crippen molar-refractivity contribution >= 4 is 35.0 Å². The van der Waals surface area contributed by atoms with Crippen LogP contribution in [0.4, 0.5) is 0 Å². The van der Waals surface area contributed by atoms with Crippen molar-refractivity contribution < 1.29 is 19.1 Å². The SMILES string of the molecule is CCOCCOC(=O)C1=C(C)NC2=C(C(=O)C[C@@H](c3ccccc3)C2)[C@H]1c1ccc(Cl)cc1Cl. The van der Waals surface area contributed by atoms with E-state index in [4.69, 9.17) is 32.7 Å². The predicted molar refractivity (Wildman–Crippen MR) is 133 cm³/mol. The van der Waals surface area contributed by atoms with Gasteiger partial charge in [0.15, 0.2) is 5.78 Å². The summed E-state index contributed by atoms with van der Waals surface area (Å²) >= 11 is 12.7. The molecule has 0 aromatic heterocycles. The Morgan fingerprint density at radius 3 is 2.56 bits per heavy atom. The smallest absolute Gasteiger partial charge is 0.336 e. The first-order valence-electron chi connectivity index (χ1n) is 11.4. The molecule has 7 heteroatoms. The number of ketones is 1. The minimum atomic E-state index is -0.634. The summed E-state index contributed by atoms with van der Waals surface area (Å²) < 4.78 is 10.8. The van der Waals surface area contributed by atoms with Crippen LogP contribution in [-0.4, -0.2) is 31.6 Å². The van der Waals surface area contributed by atoms with Crippen LogP contribution in [0.15, 0.2) is 71.1 Å². The van der Waals surface area contributed by atoms with Crippen LogP contribution in [0.5, 0.6) is 0 Å². The number of halogens is 2. The maximum absolute atomic E-state index is 13.6. The van der Waals surface area contributed by atoms with Gasteiger partial charge in [0.1, 0.15) is 6.61 Å². The number of benzene rings is 2. The van der Waals surface area contributed by atoms with Crippen molar-refractivity contribution in [3.63, 3.8) is 0 Å². The van der Waals surface area contributed by atoms with Gasteiger partial charge in [-0.05, 0) is 49.4 Å². The first-order chi connectivity index (χ1) is 16.4. The summed E-state index contributed by atoms with van der Waals surface area (Å²) in [6.45, 7) is 4.68. The summed E-state index contributed by atoms with van der Waals surface area (Å²) in [6.07, 6.45) is 1.02. The topological polar surface area (TPSA) is 64.6 Å². The van der Waals surface area contributed by atoms with Crippen LogP contribution < -0.4 is 5.32 Å². The van der Waals surface area contributed by atoms with Crippen molar-refractivity contribution in [1.29, 1.82) is 0 Å². The molecule has 1 heterocycles.